The molecule has 7 N–H and O–H groups in total. The van der Waals surface area contributed by atoms with Crippen LogP contribution in [0.15, 0.2) is 0 Å². The van der Waals surface area contributed by atoms with Gasteiger partial charge in [0, 0.05) is 19.6 Å². The number of hydrogen-bond donors (Lipinski definition) is 4. The molecule has 0 radical (unpaired) electrons. The van der Waals surface area contributed by atoms with Crippen LogP contribution in [0.3, 0.4) is 0 Å². The fraction of sp³-hybridized carbons (Fsp3) is 0.750. The molecular weight excluding hydrogens is 334 g/mol. The van der Waals surface area contributed by atoms with E-state index in [4.69, 9.17) is 17.2 Å². The standard InChI is InChI=1S/C12H23N3O7.ClH/c13-1-4-20-9(16)7-12(19,11(18)22-6-3-15)8-10(17)21-5-2-14;/h19H,1-8,13-15H2;1H. The monoisotopic (exact) mass is 357 g/mol. The SMILES string of the molecule is Cl.NCCOC(=O)CC(O)(CC(=O)OCCN)C(=O)OCCN. The highest BCUT2D eigenvalue weighted by Gasteiger charge is 2.43. The predicted molar refractivity (Wildman–Crippen MR) is 81.5 cm³/mol. The van der Waals surface area contributed by atoms with Gasteiger partial charge >= 0.3 is 17.9 Å². The number of aliphatic hydroxyl groups is 1. The summed E-state index contributed by atoms with van der Waals surface area (Å²) < 4.78 is 14.0. The van der Waals surface area contributed by atoms with Crippen molar-refractivity contribution >= 4 is 30.3 Å². The summed E-state index contributed by atoms with van der Waals surface area (Å²) in [5, 5.41) is 10.3. The number of halogens is 1. The number of rotatable bonds is 11. The smallest absolute Gasteiger partial charge is 0.339 e. The van der Waals surface area contributed by atoms with Crippen molar-refractivity contribution in [2.75, 3.05) is 39.5 Å². The largest absolute Gasteiger partial charge is 0.464 e. The van der Waals surface area contributed by atoms with Crippen LogP contribution in [0.4, 0.5) is 0 Å². The minimum absolute atomic E-state index is 0. The molecule has 0 aliphatic heterocycles. The minimum atomic E-state index is -2.40. The van der Waals surface area contributed by atoms with E-state index < -0.39 is 36.4 Å². The van der Waals surface area contributed by atoms with Crippen LogP contribution in [0.25, 0.3) is 0 Å². The molecule has 0 aliphatic rings. The number of esters is 3. The Hall–Kier alpha value is -1.46. The molecule has 0 saturated heterocycles. The van der Waals surface area contributed by atoms with Crippen molar-refractivity contribution in [3.8, 4) is 0 Å². The lowest BCUT2D eigenvalue weighted by Gasteiger charge is -2.24. The molecule has 0 saturated carbocycles. The van der Waals surface area contributed by atoms with Crippen LogP contribution in [-0.2, 0) is 28.6 Å². The van der Waals surface area contributed by atoms with Gasteiger partial charge in [0.2, 0.25) is 0 Å². The van der Waals surface area contributed by atoms with Crippen LogP contribution >= 0.6 is 12.4 Å². The van der Waals surface area contributed by atoms with Gasteiger partial charge in [-0.25, -0.2) is 4.79 Å². The van der Waals surface area contributed by atoms with Crippen molar-refractivity contribution in [3.63, 3.8) is 0 Å². The Bertz CT molecular complexity index is 360. The maximum absolute atomic E-state index is 11.8. The van der Waals surface area contributed by atoms with Crippen LogP contribution in [0.5, 0.6) is 0 Å². The fourth-order valence-electron chi connectivity index (χ4n) is 1.42. The summed E-state index contributed by atoms with van der Waals surface area (Å²) in [6.45, 7) is -0.136. The highest BCUT2D eigenvalue weighted by Crippen LogP contribution is 2.19. The first kappa shape index (κ1) is 23.8. The van der Waals surface area contributed by atoms with E-state index >= 15 is 0 Å². The summed E-state index contributed by atoms with van der Waals surface area (Å²) in [6.07, 6.45) is -1.54. The second-order valence-corrected chi connectivity index (χ2v) is 4.33. The Balaban J connectivity index is 0. The fourth-order valence-corrected chi connectivity index (χ4v) is 1.42. The van der Waals surface area contributed by atoms with Crippen molar-refractivity contribution in [1.82, 2.24) is 0 Å². The predicted octanol–water partition coefficient (Wildman–Crippen LogP) is -2.57. The van der Waals surface area contributed by atoms with E-state index in [9.17, 15) is 19.5 Å². The number of carbonyl (C=O) groups is 3. The summed E-state index contributed by atoms with van der Waals surface area (Å²) in [6, 6.07) is 0. The third kappa shape index (κ3) is 10.0. The molecule has 136 valence electrons. The second kappa shape index (κ2) is 13.0. The molecule has 0 atom stereocenters. The van der Waals surface area contributed by atoms with Crippen LogP contribution < -0.4 is 17.2 Å². The molecule has 10 nitrogen and oxygen atoms in total. The third-order valence-electron chi connectivity index (χ3n) is 2.37. The van der Waals surface area contributed by atoms with Crippen molar-refractivity contribution in [2.24, 2.45) is 17.2 Å². The average Bonchev–Trinajstić information content (AvgIpc) is 2.48. The topological polar surface area (TPSA) is 177 Å². The molecule has 0 aromatic heterocycles. The first-order valence-corrected chi connectivity index (χ1v) is 6.70. The number of ether oxygens (including phenoxy) is 3. The molecule has 0 aromatic rings. The van der Waals surface area contributed by atoms with Crippen LogP contribution in [-0.4, -0.2) is 68.1 Å². The maximum atomic E-state index is 11.8. The van der Waals surface area contributed by atoms with Gasteiger partial charge in [-0.05, 0) is 0 Å². The quantitative estimate of drug-likeness (QED) is 0.227. The zero-order chi connectivity index (χ0) is 17.0. The molecule has 11 heteroatoms. The van der Waals surface area contributed by atoms with Crippen molar-refractivity contribution in [2.45, 2.75) is 18.4 Å². The van der Waals surface area contributed by atoms with Gasteiger partial charge in [-0.15, -0.1) is 12.4 Å². The van der Waals surface area contributed by atoms with E-state index in [2.05, 4.69) is 14.2 Å². The zero-order valence-corrected chi connectivity index (χ0v) is 13.5. The maximum Gasteiger partial charge on any atom is 0.339 e. The number of hydrogen-bond acceptors (Lipinski definition) is 10. The van der Waals surface area contributed by atoms with Gasteiger partial charge in [-0.1, -0.05) is 0 Å². The normalized spacial score (nSPS) is 10.4. The summed E-state index contributed by atoms with van der Waals surface area (Å²) >= 11 is 0. The average molecular weight is 358 g/mol. The molecule has 0 rings (SSSR count). The molecule has 0 heterocycles. The Kier molecular flexibility index (Phi) is 13.5. The van der Waals surface area contributed by atoms with Crippen LogP contribution in [0.1, 0.15) is 12.8 Å². The first-order chi connectivity index (χ1) is 10.4. The first-order valence-electron chi connectivity index (χ1n) is 6.70. The van der Waals surface area contributed by atoms with Crippen molar-refractivity contribution in [3.05, 3.63) is 0 Å². The second-order valence-electron chi connectivity index (χ2n) is 4.33. The highest BCUT2D eigenvalue weighted by atomic mass is 35.5. The molecule has 23 heavy (non-hydrogen) atoms. The van der Waals surface area contributed by atoms with E-state index in [0.717, 1.165) is 0 Å². The van der Waals surface area contributed by atoms with Gasteiger partial charge in [0.25, 0.3) is 0 Å². The van der Waals surface area contributed by atoms with E-state index in [0.29, 0.717) is 0 Å². The van der Waals surface area contributed by atoms with Gasteiger partial charge in [0.1, 0.15) is 19.8 Å². The Morgan fingerprint density at radius 2 is 1.13 bits per heavy atom. The van der Waals surface area contributed by atoms with Gasteiger partial charge < -0.3 is 36.5 Å². The molecule has 0 unspecified atom stereocenters. The molecule has 0 spiro atoms. The van der Waals surface area contributed by atoms with Crippen molar-refractivity contribution < 1.29 is 33.7 Å². The van der Waals surface area contributed by atoms with Crippen LogP contribution in [0.2, 0.25) is 0 Å². The minimum Gasteiger partial charge on any atom is -0.464 e. The molecule has 0 bridgehead atoms. The number of carbonyl (C=O) groups excluding carboxylic acids is 3. The summed E-state index contributed by atoms with van der Waals surface area (Å²) in [5.74, 6) is -2.96. The lowest BCUT2D eigenvalue weighted by atomic mass is 9.95. The molecule has 0 fully saturated rings. The molecule has 0 aromatic carbocycles. The Morgan fingerprint density at radius 3 is 1.48 bits per heavy atom. The third-order valence-corrected chi connectivity index (χ3v) is 2.37. The van der Waals surface area contributed by atoms with E-state index in [-0.39, 0.29) is 51.9 Å². The van der Waals surface area contributed by atoms with Gasteiger partial charge in [0.05, 0.1) is 12.8 Å². The Morgan fingerprint density at radius 1 is 0.783 bits per heavy atom. The zero-order valence-electron chi connectivity index (χ0n) is 12.7. The lowest BCUT2D eigenvalue weighted by Crippen LogP contribution is -2.45. The number of nitrogens with two attached hydrogens (primary N) is 3. The molecular formula is C12H24ClN3O7. The lowest BCUT2D eigenvalue weighted by molar-refractivity contribution is -0.177. The van der Waals surface area contributed by atoms with E-state index in [1.54, 1.807) is 0 Å². The molecule has 0 aliphatic carbocycles. The summed E-state index contributed by atoms with van der Waals surface area (Å²) in [5.41, 5.74) is 13.1. The highest BCUT2D eigenvalue weighted by molar-refractivity contribution is 5.90. The van der Waals surface area contributed by atoms with Gasteiger partial charge in [-0.3, -0.25) is 9.59 Å². The van der Waals surface area contributed by atoms with E-state index in [1.165, 1.54) is 0 Å². The summed E-state index contributed by atoms with van der Waals surface area (Å²) in [7, 11) is 0. The van der Waals surface area contributed by atoms with Crippen molar-refractivity contribution in [1.29, 1.82) is 0 Å². The molecule has 0 amide bonds. The van der Waals surface area contributed by atoms with Gasteiger partial charge in [0.15, 0.2) is 5.60 Å². The van der Waals surface area contributed by atoms with Gasteiger partial charge in [-0.2, -0.15) is 0 Å². The summed E-state index contributed by atoms with van der Waals surface area (Å²) in [4.78, 5) is 34.9. The Labute approximate surface area is 140 Å². The van der Waals surface area contributed by atoms with Crippen LogP contribution in [0, 0.1) is 0 Å². The van der Waals surface area contributed by atoms with E-state index in [1.807, 2.05) is 0 Å².